The standard InChI is InChI=1S/C26H25NO2S/c1-29-21-12-13-22-23(16-21)30-26(24(22)19-6-2-3-7-19)25(28)20-10-8-18(9-11-20)17-27-14-4-5-15-27/h2-3,6-13,16,19H,4-5,14-15,17H2,1H3. The van der Waals surface area contributed by atoms with Gasteiger partial charge >= 0.3 is 0 Å². The Bertz CT molecular complexity index is 1120. The zero-order valence-electron chi connectivity index (χ0n) is 17.1. The maximum Gasteiger partial charge on any atom is 0.203 e. The monoisotopic (exact) mass is 415 g/mol. The van der Waals surface area contributed by atoms with Crippen LogP contribution in [0.3, 0.4) is 0 Å². The number of likely N-dealkylation sites (tertiary alicyclic amines) is 1. The van der Waals surface area contributed by atoms with Crippen molar-refractivity contribution >= 4 is 27.2 Å². The number of nitrogens with zero attached hydrogens (tertiary/aromatic N) is 1. The number of rotatable bonds is 6. The number of ketones is 1. The average molecular weight is 416 g/mol. The van der Waals surface area contributed by atoms with E-state index >= 15 is 0 Å². The topological polar surface area (TPSA) is 29.5 Å². The Morgan fingerprint density at radius 3 is 2.50 bits per heavy atom. The Kier molecular flexibility index (Phi) is 5.28. The summed E-state index contributed by atoms with van der Waals surface area (Å²) in [6.45, 7) is 3.33. The van der Waals surface area contributed by atoms with E-state index in [1.165, 1.54) is 31.5 Å². The normalized spacial score (nSPS) is 16.7. The van der Waals surface area contributed by atoms with E-state index in [0.29, 0.717) is 0 Å². The first-order valence-corrected chi connectivity index (χ1v) is 11.4. The van der Waals surface area contributed by atoms with Crippen molar-refractivity contribution in [3.63, 3.8) is 0 Å². The molecule has 1 aromatic heterocycles. The lowest BCUT2D eigenvalue weighted by Gasteiger charge is -2.14. The van der Waals surface area contributed by atoms with Crippen LogP contribution in [-0.4, -0.2) is 30.9 Å². The number of allylic oxidation sites excluding steroid dienone is 4. The summed E-state index contributed by atoms with van der Waals surface area (Å²) in [5, 5.41) is 1.14. The molecule has 30 heavy (non-hydrogen) atoms. The van der Waals surface area contributed by atoms with E-state index < -0.39 is 0 Å². The van der Waals surface area contributed by atoms with Gasteiger partial charge in [0.1, 0.15) is 5.75 Å². The molecule has 0 radical (unpaired) electrons. The Morgan fingerprint density at radius 1 is 1.07 bits per heavy atom. The van der Waals surface area contributed by atoms with Crippen LogP contribution in [-0.2, 0) is 6.54 Å². The number of methoxy groups -OCH3 is 1. The quantitative estimate of drug-likeness (QED) is 0.466. The van der Waals surface area contributed by atoms with Gasteiger partial charge in [-0.3, -0.25) is 9.69 Å². The van der Waals surface area contributed by atoms with Gasteiger partial charge in [-0.2, -0.15) is 0 Å². The Balaban J connectivity index is 1.49. The maximum atomic E-state index is 13.5. The first-order valence-electron chi connectivity index (χ1n) is 10.5. The molecule has 0 saturated carbocycles. The van der Waals surface area contributed by atoms with Crippen molar-refractivity contribution in [2.75, 3.05) is 20.2 Å². The molecular formula is C26H25NO2S. The van der Waals surface area contributed by atoms with Crippen LogP contribution in [0.2, 0.25) is 0 Å². The highest BCUT2D eigenvalue weighted by Gasteiger charge is 2.24. The number of carbonyl (C=O) groups excluding carboxylic acids is 1. The number of hydrogen-bond acceptors (Lipinski definition) is 4. The van der Waals surface area contributed by atoms with Crippen LogP contribution in [0.25, 0.3) is 10.1 Å². The summed E-state index contributed by atoms with van der Waals surface area (Å²) < 4.78 is 6.49. The first kappa shape index (κ1) is 19.3. The molecular weight excluding hydrogens is 390 g/mol. The van der Waals surface area contributed by atoms with Crippen molar-refractivity contribution in [3.8, 4) is 5.75 Å². The molecule has 0 atom stereocenters. The lowest BCUT2D eigenvalue weighted by Crippen LogP contribution is -2.18. The van der Waals surface area contributed by atoms with Gasteiger partial charge in [-0.1, -0.05) is 48.6 Å². The molecule has 1 fully saturated rings. The van der Waals surface area contributed by atoms with Crippen molar-refractivity contribution in [3.05, 3.63) is 88.3 Å². The van der Waals surface area contributed by atoms with E-state index in [1.54, 1.807) is 18.4 Å². The minimum Gasteiger partial charge on any atom is -0.497 e. The van der Waals surface area contributed by atoms with E-state index in [2.05, 4.69) is 47.4 Å². The van der Waals surface area contributed by atoms with Gasteiger partial charge in [-0.05, 0) is 60.6 Å². The zero-order chi connectivity index (χ0) is 20.5. The van der Waals surface area contributed by atoms with Crippen molar-refractivity contribution < 1.29 is 9.53 Å². The van der Waals surface area contributed by atoms with Gasteiger partial charge in [0.15, 0.2) is 0 Å². The second-order valence-corrected chi connectivity index (χ2v) is 9.06. The number of thiophene rings is 1. The number of fused-ring (bicyclic) bond motifs is 1. The molecule has 2 aliphatic rings. The predicted molar refractivity (Wildman–Crippen MR) is 124 cm³/mol. The fourth-order valence-electron chi connectivity index (χ4n) is 4.44. The van der Waals surface area contributed by atoms with Crippen LogP contribution < -0.4 is 4.74 Å². The molecule has 1 aliphatic heterocycles. The maximum absolute atomic E-state index is 13.5. The molecule has 0 unspecified atom stereocenters. The number of hydrogen-bond donors (Lipinski definition) is 0. The minimum absolute atomic E-state index is 0.103. The van der Waals surface area contributed by atoms with E-state index in [1.807, 2.05) is 24.3 Å². The van der Waals surface area contributed by atoms with Crippen LogP contribution >= 0.6 is 11.3 Å². The molecule has 4 heteroatoms. The van der Waals surface area contributed by atoms with E-state index in [4.69, 9.17) is 4.74 Å². The lowest BCUT2D eigenvalue weighted by molar-refractivity contribution is 0.104. The molecule has 0 N–H and O–H groups in total. The Morgan fingerprint density at radius 2 is 1.80 bits per heavy atom. The fraction of sp³-hybridized carbons (Fsp3) is 0.269. The summed E-state index contributed by atoms with van der Waals surface area (Å²) in [7, 11) is 1.67. The molecule has 0 bridgehead atoms. The van der Waals surface area contributed by atoms with Crippen molar-refractivity contribution in [2.45, 2.75) is 25.3 Å². The highest BCUT2D eigenvalue weighted by Crippen LogP contribution is 2.41. The van der Waals surface area contributed by atoms with E-state index in [0.717, 1.165) is 38.4 Å². The molecule has 2 heterocycles. The molecule has 0 spiro atoms. The van der Waals surface area contributed by atoms with Gasteiger partial charge in [0.05, 0.1) is 12.0 Å². The number of carbonyl (C=O) groups is 1. The highest BCUT2D eigenvalue weighted by molar-refractivity contribution is 7.21. The van der Waals surface area contributed by atoms with Crippen LogP contribution in [0.1, 0.15) is 45.1 Å². The van der Waals surface area contributed by atoms with Crippen LogP contribution in [0.5, 0.6) is 5.75 Å². The molecule has 1 aliphatic carbocycles. The van der Waals surface area contributed by atoms with Crippen LogP contribution in [0.15, 0.2) is 66.8 Å². The van der Waals surface area contributed by atoms with E-state index in [-0.39, 0.29) is 11.7 Å². The fourth-order valence-corrected chi connectivity index (χ4v) is 5.69. The second-order valence-electron chi connectivity index (χ2n) is 8.01. The molecule has 3 aromatic rings. The third-order valence-electron chi connectivity index (χ3n) is 6.04. The smallest absolute Gasteiger partial charge is 0.203 e. The molecule has 1 saturated heterocycles. The summed E-state index contributed by atoms with van der Waals surface area (Å²) in [4.78, 5) is 16.8. The number of ether oxygens (including phenoxy) is 1. The van der Waals surface area contributed by atoms with Gasteiger partial charge < -0.3 is 4.74 Å². The Hall–Kier alpha value is -2.69. The minimum atomic E-state index is 0.103. The van der Waals surface area contributed by atoms with Gasteiger partial charge in [0.2, 0.25) is 5.78 Å². The largest absolute Gasteiger partial charge is 0.497 e. The van der Waals surface area contributed by atoms with Crippen molar-refractivity contribution in [1.82, 2.24) is 4.90 Å². The van der Waals surface area contributed by atoms with Crippen LogP contribution in [0, 0.1) is 0 Å². The SMILES string of the molecule is COc1ccc2c(C3C=CC=C3)c(C(=O)c3ccc(CN4CCCC4)cc3)sc2c1. The average Bonchev–Trinajstić information content (AvgIpc) is 3.53. The predicted octanol–water partition coefficient (Wildman–Crippen LogP) is 5.95. The Labute approximate surface area is 181 Å². The van der Waals surface area contributed by atoms with Gasteiger partial charge in [-0.25, -0.2) is 0 Å². The van der Waals surface area contributed by atoms with Gasteiger partial charge in [0.25, 0.3) is 0 Å². The molecule has 2 aromatic carbocycles. The first-order chi connectivity index (χ1) is 14.7. The summed E-state index contributed by atoms with van der Waals surface area (Å²) in [5.41, 5.74) is 3.14. The highest BCUT2D eigenvalue weighted by atomic mass is 32.1. The van der Waals surface area contributed by atoms with Crippen LogP contribution in [0.4, 0.5) is 0 Å². The molecule has 0 amide bonds. The molecule has 5 rings (SSSR count). The summed E-state index contributed by atoms with van der Waals surface area (Å²) >= 11 is 1.57. The summed E-state index contributed by atoms with van der Waals surface area (Å²) in [6.07, 6.45) is 11.0. The van der Waals surface area contributed by atoms with Crippen molar-refractivity contribution in [2.24, 2.45) is 0 Å². The zero-order valence-corrected chi connectivity index (χ0v) is 18.0. The van der Waals surface area contributed by atoms with E-state index in [9.17, 15) is 4.79 Å². The third kappa shape index (κ3) is 3.62. The van der Waals surface area contributed by atoms with Gasteiger partial charge in [-0.15, -0.1) is 11.3 Å². The molecule has 152 valence electrons. The number of benzene rings is 2. The van der Waals surface area contributed by atoms with Crippen molar-refractivity contribution in [1.29, 1.82) is 0 Å². The lowest BCUT2D eigenvalue weighted by atomic mass is 9.94. The summed E-state index contributed by atoms with van der Waals surface area (Å²) in [5.74, 6) is 1.06. The molecule has 3 nitrogen and oxygen atoms in total. The van der Waals surface area contributed by atoms with Gasteiger partial charge in [0, 0.05) is 22.7 Å². The third-order valence-corrected chi connectivity index (χ3v) is 7.21. The second kappa shape index (κ2) is 8.21. The summed E-state index contributed by atoms with van der Waals surface area (Å²) in [6, 6.07) is 14.3.